The molecule has 17 heavy (non-hydrogen) atoms. The number of benzene rings is 1. The van der Waals surface area contributed by atoms with Crippen LogP contribution in [0.25, 0.3) is 0 Å². The van der Waals surface area contributed by atoms with Crippen LogP contribution in [0.1, 0.15) is 44.7 Å². The predicted octanol–water partition coefficient (Wildman–Crippen LogP) is 3.50. The molecule has 0 spiro atoms. The Morgan fingerprint density at radius 1 is 1.18 bits per heavy atom. The molecule has 0 amide bonds. The summed E-state index contributed by atoms with van der Waals surface area (Å²) in [7, 11) is 0. The molecule has 0 saturated carbocycles. The van der Waals surface area contributed by atoms with E-state index in [0.717, 1.165) is 26.2 Å². The molecular formula is C15H25NO. The Balaban J connectivity index is 2.46. The number of ether oxygens (including phenoxy) is 1. The van der Waals surface area contributed by atoms with Gasteiger partial charge in [-0.05, 0) is 17.5 Å². The maximum atomic E-state index is 5.68. The largest absolute Gasteiger partial charge is 0.377 e. The summed E-state index contributed by atoms with van der Waals surface area (Å²) >= 11 is 0. The van der Waals surface area contributed by atoms with Crippen molar-refractivity contribution in [3.63, 3.8) is 0 Å². The lowest BCUT2D eigenvalue weighted by Gasteiger charge is -2.12. The predicted molar refractivity (Wildman–Crippen MR) is 73.0 cm³/mol. The fraction of sp³-hybridized carbons (Fsp3) is 0.600. The Hall–Kier alpha value is -0.860. The van der Waals surface area contributed by atoms with Gasteiger partial charge in [0.05, 0.1) is 6.61 Å². The summed E-state index contributed by atoms with van der Waals surface area (Å²) in [6.45, 7) is 9.04. The average Bonchev–Trinajstić information content (AvgIpc) is 2.33. The first-order valence-corrected chi connectivity index (χ1v) is 6.62. The highest BCUT2D eigenvalue weighted by molar-refractivity contribution is 5.26. The van der Waals surface area contributed by atoms with Crippen molar-refractivity contribution < 1.29 is 4.74 Å². The molecule has 0 bridgehead atoms. The summed E-state index contributed by atoms with van der Waals surface area (Å²) in [5.41, 5.74) is 2.65. The number of nitrogens with one attached hydrogen (secondary N) is 1. The van der Waals surface area contributed by atoms with E-state index >= 15 is 0 Å². The van der Waals surface area contributed by atoms with Gasteiger partial charge in [-0.25, -0.2) is 0 Å². The van der Waals surface area contributed by atoms with E-state index < -0.39 is 0 Å². The second-order valence-electron chi connectivity index (χ2n) is 4.71. The molecule has 0 saturated heterocycles. The Morgan fingerprint density at radius 3 is 2.53 bits per heavy atom. The van der Waals surface area contributed by atoms with Crippen molar-refractivity contribution in [1.29, 1.82) is 0 Å². The summed E-state index contributed by atoms with van der Waals surface area (Å²) in [5, 5.41) is 3.45. The summed E-state index contributed by atoms with van der Waals surface area (Å²) in [6.07, 6.45) is 2.34. The summed E-state index contributed by atoms with van der Waals surface area (Å²) in [5.74, 6) is 0. The van der Waals surface area contributed by atoms with E-state index in [4.69, 9.17) is 4.74 Å². The lowest BCUT2D eigenvalue weighted by Crippen LogP contribution is -2.22. The third-order valence-electron chi connectivity index (χ3n) is 2.72. The van der Waals surface area contributed by atoms with Crippen LogP contribution in [0.3, 0.4) is 0 Å². The fourth-order valence-corrected chi connectivity index (χ4v) is 1.61. The van der Waals surface area contributed by atoms with Gasteiger partial charge < -0.3 is 10.1 Å². The molecule has 0 aliphatic rings. The number of hydrogen-bond acceptors (Lipinski definition) is 2. The molecule has 0 fully saturated rings. The molecule has 0 aromatic heterocycles. The minimum atomic E-state index is 0.518. The van der Waals surface area contributed by atoms with Crippen molar-refractivity contribution in [2.45, 2.75) is 52.8 Å². The van der Waals surface area contributed by atoms with Crippen molar-refractivity contribution in [1.82, 2.24) is 5.32 Å². The molecule has 2 heteroatoms. The second kappa shape index (κ2) is 8.26. The fourth-order valence-electron chi connectivity index (χ4n) is 1.61. The molecular weight excluding hydrogens is 210 g/mol. The molecule has 0 heterocycles. The third-order valence-corrected chi connectivity index (χ3v) is 2.72. The molecule has 0 atom stereocenters. The van der Waals surface area contributed by atoms with Gasteiger partial charge in [-0.2, -0.15) is 0 Å². The highest BCUT2D eigenvalue weighted by Crippen LogP contribution is 2.10. The van der Waals surface area contributed by atoms with Crippen molar-refractivity contribution in [3.8, 4) is 0 Å². The first-order valence-electron chi connectivity index (χ1n) is 6.62. The highest BCUT2D eigenvalue weighted by Gasteiger charge is 2.02. The molecule has 0 radical (unpaired) electrons. The number of hydrogen-bond donors (Lipinski definition) is 1. The summed E-state index contributed by atoms with van der Waals surface area (Å²) < 4.78 is 5.68. The average molecular weight is 235 g/mol. The van der Waals surface area contributed by atoms with Gasteiger partial charge in [-0.3, -0.25) is 0 Å². The van der Waals surface area contributed by atoms with Gasteiger partial charge in [-0.15, -0.1) is 0 Å². The van der Waals surface area contributed by atoms with E-state index in [2.05, 4.69) is 50.4 Å². The van der Waals surface area contributed by atoms with Crippen LogP contribution in [0.5, 0.6) is 0 Å². The van der Waals surface area contributed by atoms with Gasteiger partial charge in [0, 0.05) is 19.2 Å². The summed E-state index contributed by atoms with van der Waals surface area (Å²) in [4.78, 5) is 0. The van der Waals surface area contributed by atoms with Crippen LogP contribution in [0.4, 0.5) is 0 Å². The molecule has 2 nitrogen and oxygen atoms in total. The molecule has 1 aromatic carbocycles. The maximum Gasteiger partial charge on any atom is 0.0720 e. The van der Waals surface area contributed by atoms with Crippen molar-refractivity contribution >= 4 is 0 Å². The molecule has 0 aliphatic heterocycles. The lowest BCUT2D eigenvalue weighted by atomic mass is 10.1. The number of rotatable bonds is 8. The van der Waals surface area contributed by atoms with E-state index in [0.29, 0.717) is 6.04 Å². The molecule has 0 aliphatic carbocycles. The minimum absolute atomic E-state index is 0.518. The second-order valence-corrected chi connectivity index (χ2v) is 4.71. The van der Waals surface area contributed by atoms with Crippen molar-refractivity contribution in [2.24, 2.45) is 0 Å². The van der Waals surface area contributed by atoms with Crippen molar-refractivity contribution in [2.75, 3.05) is 6.61 Å². The van der Waals surface area contributed by atoms with E-state index in [1.807, 2.05) is 0 Å². The zero-order valence-electron chi connectivity index (χ0n) is 11.3. The smallest absolute Gasteiger partial charge is 0.0720 e. The number of unbranched alkanes of at least 4 members (excludes halogenated alkanes) is 1. The lowest BCUT2D eigenvalue weighted by molar-refractivity contribution is 0.117. The van der Waals surface area contributed by atoms with Crippen LogP contribution in [-0.2, 0) is 17.9 Å². The van der Waals surface area contributed by atoms with Gasteiger partial charge in [-0.1, -0.05) is 51.5 Å². The Kier molecular flexibility index (Phi) is 6.90. The zero-order chi connectivity index (χ0) is 12.5. The van der Waals surface area contributed by atoms with Gasteiger partial charge in [0.15, 0.2) is 0 Å². The van der Waals surface area contributed by atoms with E-state index in [9.17, 15) is 0 Å². The topological polar surface area (TPSA) is 21.3 Å². The van der Waals surface area contributed by atoms with Crippen LogP contribution in [-0.4, -0.2) is 12.6 Å². The van der Waals surface area contributed by atoms with Gasteiger partial charge in [0.1, 0.15) is 0 Å². The maximum absolute atomic E-state index is 5.68. The van der Waals surface area contributed by atoms with Crippen LogP contribution < -0.4 is 5.32 Å². The normalized spacial score (nSPS) is 11.1. The molecule has 1 aromatic rings. The molecule has 1 rings (SSSR count). The zero-order valence-corrected chi connectivity index (χ0v) is 11.3. The molecule has 0 unspecified atom stereocenters. The van der Waals surface area contributed by atoms with E-state index in [1.165, 1.54) is 17.5 Å². The van der Waals surface area contributed by atoms with Gasteiger partial charge in [0.25, 0.3) is 0 Å². The highest BCUT2D eigenvalue weighted by atomic mass is 16.5. The van der Waals surface area contributed by atoms with E-state index in [1.54, 1.807) is 0 Å². The first-order chi connectivity index (χ1) is 8.24. The summed E-state index contributed by atoms with van der Waals surface area (Å²) in [6, 6.07) is 9.02. The van der Waals surface area contributed by atoms with Crippen LogP contribution in [0, 0.1) is 0 Å². The van der Waals surface area contributed by atoms with E-state index in [-0.39, 0.29) is 0 Å². The standard InChI is InChI=1S/C15H25NO/c1-4-5-10-17-12-15-9-7-6-8-14(15)11-16-13(2)3/h6-9,13,16H,4-5,10-12H2,1-3H3. The Bertz CT molecular complexity index is 310. The Labute approximate surface area is 105 Å². The molecule has 96 valence electrons. The first kappa shape index (κ1) is 14.2. The van der Waals surface area contributed by atoms with Crippen molar-refractivity contribution in [3.05, 3.63) is 35.4 Å². The van der Waals surface area contributed by atoms with Gasteiger partial charge >= 0.3 is 0 Å². The quantitative estimate of drug-likeness (QED) is 0.696. The van der Waals surface area contributed by atoms with Gasteiger partial charge in [0.2, 0.25) is 0 Å². The van der Waals surface area contributed by atoms with Crippen LogP contribution in [0.15, 0.2) is 24.3 Å². The monoisotopic (exact) mass is 235 g/mol. The SMILES string of the molecule is CCCCOCc1ccccc1CNC(C)C. The third kappa shape index (κ3) is 5.85. The minimum Gasteiger partial charge on any atom is -0.377 e. The Morgan fingerprint density at radius 2 is 1.88 bits per heavy atom. The van der Waals surface area contributed by atoms with Crippen LogP contribution in [0.2, 0.25) is 0 Å². The molecule has 1 N–H and O–H groups in total. The van der Waals surface area contributed by atoms with Crippen LogP contribution >= 0.6 is 0 Å².